The molecule has 0 radical (unpaired) electrons. The number of hydrogen-bond acceptors (Lipinski definition) is 3. The second-order valence-electron chi connectivity index (χ2n) is 3.28. The minimum atomic E-state index is -3.46. The predicted molar refractivity (Wildman–Crippen MR) is 63.8 cm³/mol. The Labute approximate surface area is 102 Å². The summed E-state index contributed by atoms with van der Waals surface area (Å²) in [5.74, 6) is -0.492. The van der Waals surface area contributed by atoms with E-state index in [0.29, 0.717) is 5.56 Å². The largest absolute Gasteiger partial charge is 0.312 e. The van der Waals surface area contributed by atoms with Gasteiger partial charge in [-0.1, -0.05) is 15.9 Å². The van der Waals surface area contributed by atoms with Crippen LogP contribution in [-0.2, 0) is 16.6 Å². The molecule has 0 saturated carbocycles. The Kier molecular flexibility index (Phi) is 4.85. The van der Waals surface area contributed by atoms with Crippen LogP contribution in [0.3, 0.4) is 0 Å². The van der Waals surface area contributed by atoms with E-state index in [1.54, 1.807) is 12.1 Å². The summed E-state index contributed by atoms with van der Waals surface area (Å²) in [5.41, 5.74) is 0.476. The van der Waals surface area contributed by atoms with Crippen LogP contribution in [0.5, 0.6) is 0 Å². The molecule has 3 N–H and O–H groups in total. The molecule has 0 saturated heterocycles. The summed E-state index contributed by atoms with van der Waals surface area (Å²) in [6, 6.07) is 4.59. The van der Waals surface area contributed by atoms with Gasteiger partial charge in [0, 0.05) is 23.1 Å². The van der Waals surface area contributed by atoms with Gasteiger partial charge in [0.1, 0.15) is 5.82 Å². The molecule has 16 heavy (non-hydrogen) atoms. The van der Waals surface area contributed by atoms with E-state index in [-0.39, 0.29) is 24.7 Å². The van der Waals surface area contributed by atoms with Crippen LogP contribution >= 0.6 is 15.9 Å². The highest BCUT2D eigenvalue weighted by molar-refractivity contribution is 9.10. The molecule has 1 aromatic carbocycles. The molecule has 1 aromatic rings. The zero-order valence-electron chi connectivity index (χ0n) is 8.41. The van der Waals surface area contributed by atoms with Crippen molar-refractivity contribution in [2.75, 3.05) is 12.3 Å². The van der Waals surface area contributed by atoms with Crippen LogP contribution in [0.2, 0.25) is 0 Å². The summed E-state index contributed by atoms with van der Waals surface area (Å²) in [7, 11) is -3.46. The van der Waals surface area contributed by atoms with Crippen LogP contribution in [-0.4, -0.2) is 20.7 Å². The first-order valence-corrected chi connectivity index (χ1v) is 7.04. The van der Waals surface area contributed by atoms with E-state index in [1.807, 2.05) is 0 Å². The molecule has 0 atom stereocenters. The maximum absolute atomic E-state index is 13.2. The van der Waals surface area contributed by atoms with E-state index in [0.717, 1.165) is 4.47 Å². The van der Waals surface area contributed by atoms with E-state index in [1.165, 1.54) is 6.07 Å². The molecule has 4 nitrogen and oxygen atoms in total. The maximum Gasteiger partial charge on any atom is 0.210 e. The third-order valence-corrected chi connectivity index (χ3v) is 3.15. The first-order valence-electron chi connectivity index (χ1n) is 4.53. The van der Waals surface area contributed by atoms with Gasteiger partial charge in [-0.25, -0.2) is 17.9 Å². The Bertz CT molecular complexity index is 465. The minimum absolute atomic E-state index is 0.164. The normalized spacial score (nSPS) is 11.7. The molecule has 0 aliphatic carbocycles. The van der Waals surface area contributed by atoms with Gasteiger partial charge in [0.15, 0.2) is 0 Å². The fraction of sp³-hybridized carbons (Fsp3) is 0.333. The lowest BCUT2D eigenvalue weighted by molar-refractivity contribution is 0.583. The molecule has 0 amide bonds. The van der Waals surface area contributed by atoms with Crippen LogP contribution < -0.4 is 10.5 Å². The van der Waals surface area contributed by atoms with Crippen molar-refractivity contribution >= 4 is 26.0 Å². The van der Waals surface area contributed by atoms with Crippen molar-refractivity contribution in [3.63, 3.8) is 0 Å². The molecule has 7 heteroatoms. The van der Waals surface area contributed by atoms with Gasteiger partial charge in [0.2, 0.25) is 10.0 Å². The summed E-state index contributed by atoms with van der Waals surface area (Å²) >= 11 is 3.23. The van der Waals surface area contributed by atoms with Gasteiger partial charge in [-0.3, -0.25) is 0 Å². The smallest absolute Gasteiger partial charge is 0.210 e. The lowest BCUT2D eigenvalue weighted by Crippen LogP contribution is -2.27. The molecule has 0 fully saturated rings. The summed E-state index contributed by atoms with van der Waals surface area (Å²) in [5, 5.41) is 7.63. The molecule has 0 unspecified atom stereocenters. The van der Waals surface area contributed by atoms with E-state index in [2.05, 4.69) is 21.2 Å². The molecule has 0 aliphatic rings. The summed E-state index contributed by atoms with van der Waals surface area (Å²) in [4.78, 5) is 0. The highest BCUT2D eigenvalue weighted by Crippen LogP contribution is 2.15. The first kappa shape index (κ1) is 13.6. The topological polar surface area (TPSA) is 72.2 Å². The molecule has 0 heterocycles. The molecule has 90 valence electrons. The van der Waals surface area contributed by atoms with Gasteiger partial charge >= 0.3 is 0 Å². The molecular weight excluding hydrogens is 299 g/mol. The average Bonchev–Trinajstić information content (AvgIpc) is 2.16. The second-order valence-corrected chi connectivity index (χ2v) is 5.93. The SMILES string of the molecule is NS(=O)(=O)CCNCc1cc(Br)ccc1F. The fourth-order valence-corrected chi connectivity index (χ4v) is 1.95. The van der Waals surface area contributed by atoms with E-state index in [4.69, 9.17) is 5.14 Å². The van der Waals surface area contributed by atoms with Gasteiger partial charge in [0.25, 0.3) is 0 Å². The van der Waals surface area contributed by atoms with Crippen molar-refractivity contribution in [2.45, 2.75) is 6.54 Å². The number of rotatable bonds is 5. The highest BCUT2D eigenvalue weighted by atomic mass is 79.9. The van der Waals surface area contributed by atoms with E-state index < -0.39 is 10.0 Å². The number of benzene rings is 1. The number of halogens is 2. The number of nitrogens with two attached hydrogens (primary N) is 1. The summed E-state index contributed by atoms with van der Waals surface area (Å²) in [6.07, 6.45) is 0. The zero-order valence-corrected chi connectivity index (χ0v) is 10.8. The molecule has 0 aromatic heterocycles. The number of sulfonamides is 1. The van der Waals surface area contributed by atoms with Crippen molar-refractivity contribution in [2.24, 2.45) is 5.14 Å². The van der Waals surface area contributed by atoms with Crippen LogP contribution in [0.4, 0.5) is 4.39 Å². The lowest BCUT2D eigenvalue weighted by Gasteiger charge is -2.05. The van der Waals surface area contributed by atoms with Crippen LogP contribution in [0.25, 0.3) is 0 Å². The minimum Gasteiger partial charge on any atom is -0.312 e. The Morgan fingerprint density at radius 2 is 2.12 bits per heavy atom. The number of primary sulfonamides is 1. The average molecular weight is 311 g/mol. The monoisotopic (exact) mass is 310 g/mol. The highest BCUT2D eigenvalue weighted by Gasteiger charge is 2.04. The van der Waals surface area contributed by atoms with E-state index in [9.17, 15) is 12.8 Å². The lowest BCUT2D eigenvalue weighted by atomic mass is 10.2. The van der Waals surface area contributed by atoms with Gasteiger partial charge in [-0.05, 0) is 18.2 Å². The zero-order chi connectivity index (χ0) is 12.2. The number of hydrogen-bond donors (Lipinski definition) is 2. The van der Waals surface area contributed by atoms with Crippen molar-refractivity contribution in [1.29, 1.82) is 0 Å². The van der Waals surface area contributed by atoms with Crippen LogP contribution in [0.1, 0.15) is 5.56 Å². The standard InChI is InChI=1S/C9H12BrFN2O2S/c10-8-1-2-9(11)7(5-8)6-13-3-4-16(12,14)15/h1-2,5,13H,3-4,6H2,(H2,12,14,15). The second kappa shape index (κ2) is 5.72. The maximum atomic E-state index is 13.2. The Morgan fingerprint density at radius 1 is 1.44 bits per heavy atom. The fourth-order valence-electron chi connectivity index (χ4n) is 1.12. The number of nitrogens with one attached hydrogen (secondary N) is 1. The summed E-state index contributed by atoms with van der Waals surface area (Å²) in [6.45, 7) is 0.464. The molecule has 0 aliphatic heterocycles. The quantitative estimate of drug-likeness (QED) is 0.796. The molecule has 0 bridgehead atoms. The third kappa shape index (κ3) is 5.02. The van der Waals surface area contributed by atoms with E-state index >= 15 is 0 Å². The first-order chi connectivity index (χ1) is 7.38. The molecular formula is C9H12BrFN2O2S. The Balaban J connectivity index is 2.46. The van der Waals surface area contributed by atoms with Crippen molar-refractivity contribution in [3.8, 4) is 0 Å². The Morgan fingerprint density at radius 3 is 2.75 bits per heavy atom. The molecule has 0 spiro atoms. The predicted octanol–water partition coefficient (Wildman–Crippen LogP) is 0.966. The molecule has 1 rings (SSSR count). The Hall–Kier alpha value is -0.500. The van der Waals surface area contributed by atoms with Crippen LogP contribution in [0.15, 0.2) is 22.7 Å². The van der Waals surface area contributed by atoms with Crippen molar-refractivity contribution in [1.82, 2.24) is 5.32 Å². The third-order valence-electron chi connectivity index (χ3n) is 1.89. The summed E-state index contributed by atoms with van der Waals surface area (Å²) < 4.78 is 35.2. The van der Waals surface area contributed by atoms with Crippen molar-refractivity contribution < 1.29 is 12.8 Å². The van der Waals surface area contributed by atoms with Crippen molar-refractivity contribution in [3.05, 3.63) is 34.1 Å². The van der Waals surface area contributed by atoms with Gasteiger partial charge < -0.3 is 5.32 Å². The van der Waals surface area contributed by atoms with Crippen LogP contribution in [0, 0.1) is 5.82 Å². The van der Waals surface area contributed by atoms with Gasteiger partial charge in [-0.2, -0.15) is 0 Å². The van der Waals surface area contributed by atoms with Gasteiger partial charge in [0.05, 0.1) is 5.75 Å². The van der Waals surface area contributed by atoms with Gasteiger partial charge in [-0.15, -0.1) is 0 Å².